The standard InChI is InChI=1S/C21H22N2O5/c1-13-8-17(22-21(25)26-11-15-6-4-3-5-7-15)16-9-19-20(28-12-27-19)10-18(16)23(13)14(2)24/h3-7,9-10,13,17H,8,11-12H2,1-2H3,(H,22,25). The van der Waals surface area contributed by atoms with Crippen molar-refractivity contribution in [1.29, 1.82) is 0 Å². The minimum atomic E-state index is -0.499. The lowest BCUT2D eigenvalue weighted by molar-refractivity contribution is -0.117. The summed E-state index contributed by atoms with van der Waals surface area (Å²) in [4.78, 5) is 26.3. The second-order valence-corrected chi connectivity index (χ2v) is 7.00. The highest BCUT2D eigenvalue weighted by atomic mass is 16.7. The van der Waals surface area contributed by atoms with Gasteiger partial charge in [0.15, 0.2) is 11.5 Å². The van der Waals surface area contributed by atoms with Gasteiger partial charge in [-0.05, 0) is 25.0 Å². The summed E-state index contributed by atoms with van der Waals surface area (Å²) in [6.45, 7) is 3.83. The van der Waals surface area contributed by atoms with Crippen LogP contribution in [0.4, 0.5) is 10.5 Å². The number of benzene rings is 2. The Morgan fingerprint density at radius 3 is 2.61 bits per heavy atom. The zero-order chi connectivity index (χ0) is 19.7. The van der Waals surface area contributed by atoms with Crippen molar-refractivity contribution in [2.24, 2.45) is 0 Å². The van der Waals surface area contributed by atoms with E-state index in [-0.39, 0.29) is 31.4 Å². The molecular formula is C21H22N2O5. The number of anilines is 1. The van der Waals surface area contributed by atoms with Crippen molar-refractivity contribution in [2.75, 3.05) is 11.7 Å². The smallest absolute Gasteiger partial charge is 0.407 e. The van der Waals surface area contributed by atoms with E-state index in [1.165, 1.54) is 6.92 Å². The molecule has 2 aromatic carbocycles. The molecule has 0 saturated heterocycles. The molecule has 146 valence electrons. The maximum atomic E-state index is 12.4. The fraction of sp³-hybridized carbons (Fsp3) is 0.333. The first-order valence-electron chi connectivity index (χ1n) is 9.23. The number of nitrogens with zero attached hydrogens (tertiary/aromatic N) is 1. The second kappa shape index (κ2) is 7.42. The average Bonchev–Trinajstić information content (AvgIpc) is 3.13. The Morgan fingerprint density at radius 1 is 1.18 bits per heavy atom. The number of rotatable bonds is 3. The number of alkyl carbamates (subject to hydrolysis) is 1. The van der Waals surface area contributed by atoms with Crippen molar-refractivity contribution in [3.05, 3.63) is 53.6 Å². The van der Waals surface area contributed by atoms with Gasteiger partial charge in [0.1, 0.15) is 6.61 Å². The van der Waals surface area contributed by atoms with Gasteiger partial charge in [-0.1, -0.05) is 30.3 Å². The predicted molar refractivity (Wildman–Crippen MR) is 102 cm³/mol. The van der Waals surface area contributed by atoms with Crippen molar-refractivity contribution in [3.8, 4) is 11.5 Å². The molecule has 2 aliphatic heterocycles. The van der Waals surface area contributed by atoms with Crippen LogP contribution in [0, 0.1) is 0 Å². The van der Waals surface area contributed by atoms with Gasteiger partial charge in [0.2, 0.25) is 12.7 Å². The number of nitrogens with one attached hydrogen (secondary N) is 1. The number of hydrogen-bond donors (Lipinski definition) is 1. The quantitative estimate of drug-likeness (QED) is 0.879. The largest absolute Gasteiger partial charge is 0.454 e. The first kappa shape index (κ1) is 18.2. The van der Waals surface area contributed by atoms with Crippen molar-refractivity contribution >= 4 is 17.7 Å². The molecule has 2 aliphatic rings. The van der Waals surface area contributed by atoms with Crippen LogP contribution < -0.4 is 19.7 Å². The highest BCUT2D eigenvalue weighted by molar-refractivity contribution is 5.94. The highest BCUT2D eigenvalue weighted by Crippen LogP contribution is 2.45. The van der Waals surface area contributed by atoms with Gasteiger partial charge in [-0.2, -0.15) is 0 Å². The molecule has 0 saturated carbocycles. The summed E-state index contributed by atoms with van der Waals surface area (Å²) < 4.78 is 16.3. The Bertz CT molecular complexity index is 899. The normalized spacial score (nSPS) is 19.7. The molecule has 28 heavy (non-hydrogen) atoms. The van der Waals surface area contributed by atoms with E-state index < -0.39 is 6.09 Å². The third-order valence-corrected chi connectivity index (χ3v) is 5.02. The van der Waals surface area contributed by atoms with Gasteiger partial charge in [0.05, 0.1) is 11.7 Å². The van der Waals surface area contributed by atoms with E-state index in [0.29, 0.717) is 17.9 Å². The Morgan fingerprint density at radius 2 is 1.89 bits per heavy atom. The van der Waals surface area contributed by atoms with Crippen molar-refractivity contribution in [3.63, 3.8) is 0 Å². The van der Waals surface area contributed by atoms with Crippen LogP contribution in [0.25, 0.3) is 0 Å². The van der Waals surface area contributed by atoms with E-state index >= 15 is 0 Å². The molecule has 2 amide bonds. The fourth-order valence-electron chi connectivity index (χ4n) is 3.77. The summed E-state index contributed by atoms with van der Waals surface area (Å²) in [6.07, 6.45) is 0.0769. The number of carbonyl (C=O) groups is 2. The van der Waals surface area contributed by atoms with Gasteiger partial charge < -0.3 is 24.4 Å². The third-order valence-electron chi connectivity index (χ3n) is 5.02. The first-order chi connectivity index (χ1) is 13.5. The summed E-state index contributed by atoms with van der Waals surface area (Å²) in [5.41, 5.74) is 2.46. The van der Waals surface area contributed by atoms with Crippen LogP contribution in [-0.2, 0) is 16.1 Å². The van der Waals surface area contributed by atoms with Crippen LogP contribution in [0.3, 0.4) is 0 Å². The van der Waals surface area contributed by atoms with Gasteiger partial charge in [-0.25, -0.2) is 4.79 Å². The number of ether oxygens (including phenoxy) is 3. The molecule has 1 N–H and O–H groups in total. The van der Waals surface area contributed by atoms with Crippen LogP contribution in [-0.4, -0.2) is 24.8 Å². The summed E-state index contributed by atoms with van der Waals surface area (Å²) in [5.74, 6) is 1.16. The SMILES string of the molecule is CC(=O)N1c2cc3c(cc2C(NC(=O)OCc2ccccc2)CC1C)OCO3. The predicted octanol–water partition coefficient (Wildman–Crippen LogP) is 3.53. The van der Waals surface area contributed by atoms with Gasteiger partial charge in [0.25, 0.3) is 0 Å². The van der Waals surface area contributed by atoms with E-state index in [1.807, 2.05) is 43.3 Å². The van der Waals surface area contributed by atoms with Crippen molar-refractivity contribution in [2.45, 2.75) is 39.0 Å². The van der Waals surface area contributed by atoms with Gasteiger partial charge in [-0.3, -0.25) is 4.79 Å². The number of hydrogen-bond acceptors (Lipinski definition) is 5. The second-order valence-electron chi connectivity index (χ2n) is 7.00. The van der Waals surface area contributed by atoms with Crippen LogP contribution in [0.5, 0.6) is 11.5 Å². The molecule has 0 radical (unpaired) electrons. The maximum Gasteiger partial charge on any atom is 0.407 e. The molecule has 0 aliphatic carbocycles. The van der Waals surface area contributed by atoms with E-state index in [0.717, 1.165) is 16.8 Å². The molecule has 0 aromatic heterocycles. The lowest BCUT2D eigenvalue weighted by Crippen LogP contribution is -2.45. The first-order valence-corrected chi connectivity index (χ1v) is 9.23. The Hall–Kier alpha value is -3.22. The van der Waals surface area contributed by atoms with Crippen molar-refractivity contribution in [1.82, 2.24) is 5.32 Å². The number of carbonyl (C=O) groups excluding carboxylic acids is 2. The molecule has 2 aromatic rings. The van der Waals surface area contributed by atoms with Gasteiger partial charge in [-0.15, -0.1) is 0 Å². The zero-order valence-electron chi connectivity index (χ0n) is 15.8. The Balaban J connectivity index is 1.55. The fourth-order valence-corrected chi connectivity index (χ4v) is 3.77. The number of fused-ring (bicyclic) bond motifs is 2. The Kier molecular flexibility index (Phi) is 4.81. The van der Waals surface area contributed by atoms with Crippen LogP contribution in [0.15, 0.2) is 42.5 Å². The van der Waals surface area contributed by atoms with Crippen LogP contribution >= 0.6 is 0 Å². The summed E-state index contributed by atoms with van der Waals surface area (Å²) in [5, 5.41) is 2.93. The van der Waals surface area contributed by atoms with Crippen LogP contribution in [0.1, 0.15) is 37.4 Å². The molecular weight excluding hydrogens is 360 g/mol. The molecule has 7 heteroatoms. The van der Waals surface area contributed by atoms with Crippen molar-refractivity contribution < 1.29 is 23.8 Å². The van der Waals surface area contributed by atoms with E-state index in [9.17, 15) is 9.59 Å². The summed E-state index contributed by atoms with van der Waals surface area (Å²) in [7, 11) is 0. The Labute approximate surface area is 163 Å². The zero-order valence-corrected chi connectivity index (χ0v) is 15.8. The molecule has 4 rings (SSSR count). The summed E-state index contributed by atoms with van der Waals surface area (Å²) in [6, 6.07) is 12.8. The lowest BCUT2D eigenvalue weighted by atomic mass is 9.91. The molecule has 0 bridgehead atoms. The average molecular weight is 382 g/mol. The van der Waals surface area contributed by atoms with Gasteiger partial charge in [0, 0.05) is 24.6 Å². The van der Waals surface area contributed by atoms with Crippen LogP contribution in [0.2, 0.25) is 0 Å². The minimum absolute atomic E-state index is 0.0577. The van der Waals surface area contributed by atoms with E-state index in [1.54, 1.807) is 11.0 Å². The third kappa shape index (κ3) is 3.47. The topological polar surface area (TPSA) is 77.1 Å². The minimum Gasteiger partial charge on any atom is -0.454 e. The molecule has 0 spiro atoms. The highest BCUT2D eigenvalue weighted by Gasteiger charge is 2.35. The maximum absolute atomic E-state index is 12.4. The van der Waals surface area contributed by atoms with E-state index in [2.05, 4.69) is 5.32 Å². The molecule has 2 atom stereocenters. The lowest BCUT2D eigenvalue weighted by Gasteiger charge is -2.39. The number of amides is 2. The van der Waals surface area contributed by atoms with E-state index in [4.69, 9.17) is 14.2 Å². The molecule has 2 unspecified atom stereocenters. The summed E-state index contributed by atoms with van der Waals surface area (Å²) >= 11 is 0. The molecule has 0 fully saturated rings. The molecule has 2 heterocycles. The molecule has 7 nitrogen and oxygen atoms in total. The monoisotopic (exact) mass is 382 g/mol. The van der Waals surface area contributed by atoms with Gasteiger partial charge >= 0.3 is 6.09 Å².